The summed E-state index contributed by atoms with van der Waals surface area (Å²) >= 11 is 6.35. The van der Waals surface area contributed by atoms with Gasteiger partial charge in [-0.3, -0.25) is 4.90 Å². The van der Waals surface area contributed by atoms with Gasteiger partial charge in [-0.15, -0.1) is 0 Å². The second kappa shape index (κ2) is 5.38. The van der Waals surface area contributed by atoms with Gasteiger partial charge in [0.1, 0.15) is 0 Å². The van der Waals surface area contributed by atoms with E-state index in [4.69, 9.17) is 16.3 Å². The second-order valence-electron chi connectivity index (χ2n) is 6.62. The fourth-order valence-electron chi connectivity index (χ4n) is 3.90. The normalized spacial score (nSPS) is 27.5. The first-order valence-corrected chi connectivity index (χ1v) is 8.21. The average Bonchev–Trinajstić information content (AvgIpc) is 2.85. The van der Waals surface area contributed by atoms with Crippen molar-refractivity contribution >= 4 is 11.6 Å². The maximum absolute atomic E-state index is 6.35. The first-order chi connectivity index (χ1) is 10.7. The van der Waals surface area contributed by atoms with Gasteiger partial charge in [-0.2, -0.15) is 0 Å². The predicted molar refractivity (Wildman–Crippen MR) is 89.1 cm³/mol. The van der Waals surface area contributed by atoms with Gasteiger partial charge >= 0.3 is 0 Å². The van der Waals surface area contributed by atoms with Crippen LogP contribution in [0.2, 0.25) is 5.02 Å². The van der Waals surface area contributed by atoms with Gasteiger partial charge in [0.25, 0.3) is 0 Å². The molecule has 0 N–H and O–H groups in total. The number of ether oxygens (including phenoxy) is 1. The maximum Gasteiger partial charge on any atom is 0.0866 e. The van der Waals surface area contributed by atoms with E-state index in [1.165, 1.54) is 16.7 Å². The van der Waals surface area contributed by atoms with Gasteiger partial charge in [0, 0.05) is 30.6 Å². The highest BCUT2D eigenvalue weighted by atomic mass is 35.5. The van der Waals surface area contributed by atoms with Crippen LogP contribution in [0, 0.1) is 0 Å². The number of benzene rings is 2. The number of fused-ring (bicyclic) bond motifs is 3. The van der Waals surface area contributed by atoms with Crippen LogP contribution in [-0.2, 0) is 17.9 Å². The lowest BCUT2D eigenvalue weighted by Gasteiger charge is -2.37. The Morgan fingerprint density at radius 3 is 2.82 bits per heavy atom. The Hall–Kier alpha value is -1.35. The summed E-state index contributed by atoms with van der Waals surface area (Å²) in [5.41, 5.74) is 3.80. The molecule has 1 fully saturated rings. The van der Waals surface area contributed by atoms with Crippen LogP contribution in [-0.4, -0.2) is 23.6 Å². The molecule has 1 saturated heterocycles. The fourth-order valence-corrected chi connectivity index (χ4v) is 4.13. The largest absolute Gasteiger partial charge is 0.369 e. The first-order valence-electron chi connectivity index (χ1n) is 7.83. The third-order valence-electron chi connectivity index (χ3n) is 5.04. The van der Waals surface area contributed by atoms with Crippen molar-refractivity contribution in [2.45, 2.75) is 31.6 Å². The molecule has 2 nitrogen and oxygen atoms in total. The molecule has 2 aromatic rings. The Morgan fingerprint density at radius 1 is 1.18 bits per heavy atom. The Bertz CT molecular complexity index is 687. The molecule has 22 heavy (non-hydrogen) atoms. The smallest absolute Gasteiger partial charge is 0.0866 e. The monoisotopic (exact) mass is 313 g/mol. The van der Waals surface area contributed by atoms with Crippen LogP contribution in [0.4, 0.5) is 0 Å². The minimum atomic E-state index is -0.105. The van der Waals surface area contributed by atoms with Gasteiger partial charge in [-0.05, 0) is 29.7 Å². The number of rotatable bonds is 2. The van der Waals surface area contributed by atoms with Crippen molar-refractivity contribution in [2.24, 2.45) is 0 Å². The van der Waals surface area contributed by atoms with Crippen molar-refractivity contribution in [3.05, 3.63) is 70.2 Å². The first kappa shape index (κ1) is 14.3. The molecule has 0 amide bonds. The van der Waals surface area contributed by atoms with E-state index in [0.29, 0.717) is 12.5 Å². The molecule has 4 rings (SSSR count). The SMILES string of the molecule is C[C@]12CN(Cc3ccccc3)C[C@@H]1c1cccc(Cl)c1CO2. The topological polar surface area (TPSA) is 12.5 Å². The summed E-state index contributed by atoms with van der Waals surface area (Å²) in [4.78, 5) is 2.50. The molecule has 2 aliphatic heterocycles. The molecule has 2 heterocycles. The number of nitrogens with zero attached hydrogens (tertiary/aromatic N) is 1. The molecule has 3 heteroatoms. The van der Waals surface area contributed by atoms with E-state index < -0.39 is 0 Å². The van der Waals surface area contributed by atoms with E-state index in [0.717, 1.165) is 24.7 Å². The number of hydrogen-bond acceptors (Lipinski definition) is 2. The quantitative estimate of drug-likeness (QED) is 0.822. The summed E-state index contributed by atoms with van der Waals surface area (Å²) in [6, 6.07) is 16.9. The number of halogens is 1. The zero-order chi connectivity index (χ0) is 15.2. The minimum absolute atomic E-state index is 0.105. The summed E-state index contributed by atoms with van der Waals surface area (Å²) in [6.45, 7) is 5.84. The molecule has 2 aliphatic rings. The third-order valence-corrected chi connectivity index (χ3v) is 5.40. The van der Waals surface area contributed by atoms with Crippen LogP contribution >= 0.6 is 11.6 Å². The number of hydrogen-bond donors (Lipinski definition) is 0. The fraction of sp³-hybridized carbons (Fsp3) is 0.368. The zero-order valence-electron chi connectivity index (χ0n) is 12.8. The lowest BCUT2D eigenvalue weighted by atomic mass is 9.81. The van der Waals surface area contributed by atoms with E-state index in [1.54, 1.807) is 0 Å². The van der Waals surface area contributed by atoms with Crippen molar-refractivity contribution in [3.8, 4) is 0 Å². The van der Waals surface area contributed by atoms with Crippen LogP contribution in [0.25, 0.3) is 0 Å². The van der Waals surface area contributed by atoms with E-state index in [9.17, 15) is 0 Å². The molecule has 0 aromatic heterocycles. The predicted octanol–water partition coefficient (Wildman–Crippen LogP) is 4.23. The Balaban J connectivity index is 1.61. The molecule has 0 bridgehead atoms. The number of likely N-dealkylation sites (tertiary alicyclic amines) is 1. The molecular formula is C19H20ClNO. The van der Waals surface area contributed by atoms with Crippen LogP contribution in [0.15, 0.2) is 48.5 Å². The highest BCUT2D eigenvalue weighted by Gasteiger charge is 2.48. The van der Waals surface area contributed by atoms with Crippen LogP contribution in [0.5, 0.6) is 0 Å². The average molecular weight is 314 g/mol. The van der Waals surface area contributed by atoms with Crippen molar-refractivity contribution in [3.63, 3.8) is 0 Å². The molecule has 0 radical (unpaired) electrons. The zero-order valence-corrected chi connectivity index (χ0v) is 13.5. The van der Waals surface area contributed by atoms with Crippen LogP contribution < -0.4 is 0 Å². The van der Waals surface area contributed by atoms with Gasteiger partial charge < -0.3 is 4.74 Å². The Morgan fingerprint density at radius 2 is 2.00 bits per heavy atom. The molecule has 0 unspecified atom stereocenters. The lowest BCUT2D eigenvalue weighted by Crippen LogP contribution is -2.40. The summed E-state index contributed by atoms with van der Waals surface area (Å²) in [5, 5.41) is 0.834. The van der Waals surface area contributed by atoms with Crippen LogP contribution in [0.1, 0.15) is 29.5 Å². The summed E-state index contributed by atoms with van der Waals surface area (Å²) in [6.07, 6.45) is 0. The summed E-state index contributed by atoms with van der Waals surface area (Å²) in [5.74, 6) is 0.402. The molecule has 0 saturated carbocycles. The standard InChI is InChI=1S/C19H20ClNO/c1-19-13-21(10-14-6-3-2-4-7-14)11-17(19)15-8-5-9-18(20)16(15)12-22-19/h2-9,17H,10-13H2,1H3/t17-,19+/m1/s1. The minimum Gasteiger partial charge on any atom is -0.369 e. The third kappa shape index (κ3) is 2.36. The molecule has 2 aromatic carbocycles. The Labute approximate surface area is 136 Å². The van der Waals surface area contributed by atoms with E-state index in [2.05, 4.69) is 54.3 Å². The van der Waals surface area contributed by atoms with Gasteiger partial charge in [0.15, 0.2) is 0 Å². The summed E-state index contributed by atoms with van der Waals surface area (Å²) < 4.78 is 6.24. The van der Waals surface area contributed by atoms with Crippen molar-refractivity contribution in [2.75, 3.05) is 13.1 Å². The van der Waals surface area contributed by atoms with E-state index in [-0.39, 0.29) is 5.60 Å². The van der Waals surface area contributed by atoms with Gasteiger partial charge in [0.05, 0.1) is 12.2 Å². The van der Waals surface area contributed by atoms with Gasteiger partial charge in [-0.25, -0.2) is 0 Å². The van der Waals surface area contributed by atoms with Crippen LogP contribution in [0.3, 0.4) is 0 Å². The van der Waals surface area contributed by atoms with Crippen molar-refractivity contribution < 1.29 is 4.74 Å². The van der Waals surface area contributed by atoms with E-state index >= 15 is 0 Å². The molecular weight excluding hydrogens is 294 g/mol. The van der Waals surface area contributed by atoms with Crippen molar-refractivity contribution in [1.82, 2.24) is 4.90 Å². The summed E-state index contributed by atoms with van der Waals surface area (Å²) in [7, 11) is 0. The lowest BCUT2D eigenvalue weighted by molar-refractivity contribution is -0.0567. The highest BCUT2D eigenvalue weighted by molar-refractivity contribution is 6.31. The highest BCUT2D eigenvalue weighted by Crippen LogP contribution is 2.45. The van der Waals surface area contributed by atoms with E-state index in [1.807, 2.05) is 6.07 Å². The molecule has 2 atom stereocenters. The molecule has 0 aliphatic carbocycles. The maximum atomic E-state index is 6.35. The van der Waals surface area contributed by atoms with Gasteiger partial charge in [0.2, 0.25) is 0 Å². The van der Waals surface area contributed by atoms with Gasteiger partial charge in [-0.1, -0.05) is 54.1 Å². The second-order valence-corrected chi connectivity index (χ2v) is 7.02. The molecule has 114 valence electrons. The Kier molecular flexibility index (Phi) is 3.48. The molecule has 0 spiro atoms. The van der Waals surface area contributed by atoms with Crippen molar-refractivity contribution in [1.29, 1.82) is 0 Å².